The zero-order chi connectivity index (χ0) is 10.3. The minimum Gasteiger partial charge on any atom is -0.393 e. The van der Waals surface area contributed by atoms with Crippen molar-refractivity contribution in [2.75, 3.05) is 0 Å². The van der Waals surface area contributed by atoms with Crippen LogP contribution >= 0.6 is 0 Å². The van der Waals surface area contributed by atoms with Gasteiger partial charge >= 0.3 is 0 Å². The molecule has 1 saturated carbocycles. The Kier molecular flexibility index (Phi) is 2.09. The molecule has 14 heavy (non-hydrogen) atoms. The Morgan fingerprint density at radius 3 is 2.71 bits per heavy atom. The summed E-state index contributed by atoms with van der Waals surface area (Å²) in [6, 6.07) is 5.22. The van der Waals surface area contributed by atoms with E-state index in [1.54, 1.807) is 25.1 Å². The first-order valence-electron chi connectivity index (χ1n) is 4.75. The summed E-state index contributed by atoms with van der Waals surface area (Å²) in [5.41, 5.74) is 6.46. The van der Waals surface area contributed by atoms with Crippen molar-refractivity contribution < 1.29 is 9.50 Å². The molecule has 0 amide bonds. The second-order valence-corrected chi connectivity index (χ2v) is 4.15. The maximum absolute atomic E-state index is 13.7. The Hall–Kier alpha value is -0.930. The standard InChI is InChI=1S/C11H14FNO/c1-7-3-2-4-9(10(7)12)11(13)5-8(14)6-11/h2-4,8,14H,5-6,13H2,1H3. The van der Waals surface area contributed by atoms with E-state index in [1.165, 1.54) is 0 Å². The van der Waals surface area contributed by atoms with Crippen LogP contribution in [0.5, 0.6) is 0 Å². The number of halogens is 1. The van der Waals surface area contributed by atoms with Crippen molar-refractivity contribution in [3.8, 4) is 0 Å². The Bertz CT molecular complexity index is 358. The van der Waals surface area contributed by atoms with Crippen LogP contribution in [0, 0.1) is 12.7 Å². The molecule has 1 aliphatic carbocycles. The molecule has 3 N–H and O–H groups in total. The number of aliphatic hydroxyl groups excluding tert-OH is 1. The smallest absolute Gasteiger partial charge is 0.131 e. The molecule has 2 rings (SSSR count). The monoisotopic (exact) mass is 195 g/mol. The van der Waals surface area contributed by atoms with Crippen LogP contribution in [0.15, 0.2) is 18.2 Å². The van der Waals surface area contributed by atoms with Gasteiger partial charge in [0.05, 0.1) is 6.10 Å². The summed E-state index contributed by atoms with van der Waals surface area (Å²) in [5, 5.41) is 9.20. The maximum atomic E-state index is 13.7. The van der Waals surface area contributed by atoms with Gasteiger partial charge in [-0.2, -0.15) is 0 Å². The van der Waals surface area contributed by atoms with E-state index in [-0.39, 0.29) is 11.9 Å². The van der Waals surface area contributed by atoms with Gasteiger partial charge in [0, 0.05) is 11.1 Å². The Morgan fingerprint density at radius 2 is 2.14 bits per heavy atom. The first-order valence-corrected chi connectivity index (χ1v) is 4.75. The summed E-state index contributed by atoms with van der Waals surface area (Å²) in [4.78, 5) is 0. The lowest BCUT2D eigenvalue weighted by atomic mass is 9.70. The van der Waals surface area contributed by atoms with Gasteiger partial charge in [-0.25, -0.2) is 4.39 Å². The topological polar surface area (TPSA) is 46.2 Å². The van der Waals surface area contributed by atoms with Crippen LogP contribution in [-0.2, 0) is 5.54 Å². The van der Waals surface area contributed by atoms with Crippen molar-refractivity contribution in [3.63, 3.8) is 0 Å². The van der Waals surface area contributed by atoms with Crippen molar-refractivity contribution in [2.45, 2.75) is 31.4 Å². The molecule has 1 fully saturated rings. The average molecular weight is 195 g/mol. The Morgan fingerprint density at radius 1 is 1.50 bits per heavy atom. The number of hydrogen-bond acceptors (Lipinski definition) is 2. The van der Waals surface area contributed by atoms with E-state index in [9.17, 15) is 9.50 Å². The van der Waals surface area contributed by atoms with E-state index in [0.29, 0.717) is 24.0 Å². The third-order valence-electron chi connectivity index (χ3n) is 2.93. The van der Waals surface area contributed by atoms with E-state index in [4.69, 9.17) is 5.73 Å². The van der Waals surface area contributed by atoms with E-state index in [0.717, 1.165) is 0 Å². The quantitative estimate of drug-likeness (QED) is 0.712. The van der Waals surface area contributed by atoms with Gasteiger partial charge in [-0.15, -0.1) is 0 Å². The number of aryl methyl sites for hydroxylation is 1. The average Bonchev–Trinajstić information content (AvgIpc) is 2.07. The molecule has 76 valence electrons. The van der Waals surface area contributed by atoms with Crippen molar-refractivity contribution >= 4 is 0 Å². The lowest BCUT2D eigenvalue weighted by Crippen LogP contribution is -2.52. The fourth-order valence-corrected chi connectivity index (χ4v) is 2.03. The zero-order valence-electron chi connectivity index (χ0n) is 8.13. The van der Waals surface area contributed by atoms with Crippen LogP contribution in [0.1, 0.15) is 24.0 Å². The maximum Gasteiger partial charge on any atom is 0.131 e. The fraction of sp³-hybridized carbons (Fsp3) is 0.455. The Balaban J connectivity index is 2.37. The second-order valence-electron chi connectivity index (χ2n) is 4.15. The first-order chi connectivity index (χ1) is 6.53. The number of hydrogen-bond donors (Lipinski definition) is 2. The van der Waals surface area contributed by atoms with E-state index >= 15 is 0 Å². The lowest BCUT2D eigenvalue weighted by molar-refractivity contribution is 0.0192. The summed E-state index contributed by atoms with van der Waals surface area (Å²) in [7, 11) is 0. The zero-order valence-corrected chi connectivity index (χ0v) is 8.13. The predicted molar refractivity (Wildman–Crippen MR) is 52.2 cm³/mol. The predicted octanol–water partition coefficient (Wildman–Crippen LogP) is 1.44. The van der Waals surface area contributed by atoms with E-state index < -0.39 is 5.54 Å². The molecule has 0 saturated heterocycles. The highest BCUT2D eigenvalue weighted by Gasteiger charge is 2.43. The van der Waals surface area contributed by atoms with Crippen molar-refractivity contribution in [3.05, 3.63) is 35.1 Å². The van der Waals surface area contributed by atoms with Gasteiger partial charge in [0.25, 0.3) is 0 Å². The van der Waals surface area contributed by atoms with E-state index in [2.05, 4.69) is 0 Å². The summed E-state index contributed by atoms with van der Waals surface area (Å²) >= 11 is 0. The highest BCUT2D eigenvalue weighted by Crippen LogP contribution is 2.40. The van der Waals surface area contributed by atoms with Gasteiger partial charge in [-0.05, 0) is 25.3 Å². The molecule has 1 aliphatic rings. The lowest BCUT2D eigenvalue weighted by Gasteiger charge is -2.42. The van der Waals surface area contributed by atoms with Crippen LogP contribution in [0.4, 0.5) is 4.39 Å². The van der Waals surface area contributed by atoms with Crippen LogP contribution in [-0.4, -0.2) is 11.2 Å². The first kappa shape index (κ1) is 9.62. The molecule has 0 atom stereocenters. The molecule has 0 unspecified atom stereocenters. The van der Waals surface area contributed by atoms with Crippen molar-refractivity contribution in [2.24, 2.45) is 5.73 Å². The number of aliphatic hydroxyl groups is 1. The fourth-order valence-electron chi connectivity index (χ4n) is 2.03. The van der Waals surface area contributed by atoms with Gasteiger partial charge in [0.15, 0.2) is 0 Å². The summed E-state index contributed by atoms with van der Waals surface area (Å²) in [6.07, 6.45) is 0.528. The third-order valence-corrected chi connectivity index (χ3v) is 2.93. The van der Waals surface area contributed by atoms with Gasteiger partial charge in [0.1, 0.15) is 5.82 Å². The molecule has 1 aromatic rings. The van der Waals surface area contributed by atoms with Gasteiger partial charge in [0.2, 0.25) is 0 Å². The van der Waals surface area contributed by atoms with Crippen LogP contribution in [0.3, 0.4) is 0 Å². The number of rotatable bonds is 1. The van der Waals surface area contributed by atoms with Crippen molar-refractivity contribution in [1.29, 1.82) is 0 Å². The van der Waals surface area contributed by atoms with Crippen molar-refractivity contribution in [1.82, 2.24) is 0 Å². The molecule has 0 heterocycles. The largest absolute Gasteiger partial charge is 0.393 e. The second kappa shape index (κ2) is 3.04. The molecule has 0 aliphatic heterocycles. The minimum absolute atomic E-state index is 0.234. The molecule has 1 aromatic carbocycles. The molecule has 0 bridgehead atoms. The molecule has 0 aromatic heterocycles. The number of nitrogens with two attached hydrogens (primary N) is 1. The van der Waals surface area contributed by atoms with Crippen LogP contribution in [0.2, 0.25) is 0 Å². The molecule has 2 nitrogen and oxygen atoms in total. The summed E-state index contributed by atoms with van der Waals surface area (Å²) in [6.45, 7) is 1.72. The molecule has 0 spiro atoms. The minimum atomic E-state index is -0.657. The molecular formula is C11H14FNO. The van der Waals surface area contributed by atoms with Crippen LogP contribution in [0.25, 0.3) is 0 Å². The normalized spacial score (nSPS) is 31.3. The highest BCUT2D eigenvalue weighted by atomic mass is 19.1. The van der Waals surface area contributed by atoms with Crippen LogP contribution < -0.4 is 5.73 Å². The summed E-state index contributed by atoms with van der Waals surface area (Å²) in [5.74, 6) is -0.234. The Labute approximate surface area is 82.5 Å². The van der Waals surface area contributed by atoms with Gasteiger partial charge < -0.3 is 10.8 Å². The SMILES string of the molecule is Cc1cccc(C2(N)CC(O)C2)c1F. The van der Waals surface area contributed by atoms with Gasteiger partial charge in [-0.3, -0.25) is 0 Å². The molecule has 3 heteroatoms. The molecular weight excluding hydrogens is 181 g/mol. The summed E-state index contributed by atoms with van der Waals surface area (Å²) < 4.78 is 13.7. The van der Waals surface area contributed by atoms with E-state index in [1.807, 2.05) is 0 Å². The highest BCUT2D eigenvalue weighted by molar-refractivity contribution is 5.33. The molecule has 0 radical (unpaired) electrons. The van der Waals surface area contributed by atoms with Gasteiger partial charge in [-0.1, -0.05) is 18.2 Å². The number of benzene rings is 1. The third kappa shape index (κ3) is 1.33.